The van der Waals surface area contributed by atoms with Crippen LogP contribution in [0.15, 0.2) is 54.7 Å². The van der Waals surface area contributed by atoms with E-state index in [1.54, 1.807) is 0 Å². The number of amides is 1. The smallest absolute Gasteiger partial charge is 0.264 e. The standard InChI is InChI=1S/C22H24N2O2S/c1-15(2)19-6-4-5-7-20(19)26-14-21(25)24-22-23-13-18(27-22)12-17-10-8-16(3)9-11-17/h4-11,13,15H,12,14H2,1-3H3,(H,23,24,25). The first-order valence-corrected chi connectivity index (χ1v) is 9.84. The molecule has 1 amide bonds. The number of thiazole rings is 1. The average Bonchev–Trinajstić information content (AvgIpc) is 3.09. The topological polar surface area (TPSA) is 51.2 Å². The molecule has 0 spiro atoms. The van der Waals surface area contributed by atoms with Crippen LogP contribution in [0.4, 0.5) is 5.13 Å². The van der Waals surface area contributed by atoms with Crippen molar-refractivity contribution in [1.82, 2.24) is 4.98 Å². The summed E-state index contributed by atoms with van der Waals surface area (Å²) in [6.07, 6.45) is 2.63. The van der Waals surface area contributed by atoms with Crippen molar-refractivity contribution >= 4 is 22.4 Å². The van der Waals surface area contributed by atoms with Gasteiger partial charge in [0.05, 0.1) is 0 Å². The van der Waals surface area contributed by atoms with Gasteiger partial charge in [-0.15, -0.1) is 11.3 Å². The van der Waals surface area contributed by atoms with E-state index in [0.717, 1.165) is 22.6 Å². The number of benzene rings is 2. The molecule has 140 valence electrons. The molecule has 1 N–H and O–H groups in total. The number of nitrogens with zero attached hydrogens (tertiary/aromatic N) is 1. The van der Waals surface area contributed by atoms with Crippen LogP contribution in [0.25, 0.3) is 0 Å². The highest BCUT2D eigenvalue weighted by Crippen LogP contribution is 2.26. The average molecular weight is 381 g/mol. The van der Waals surface area contributed by atoms with Gasteiger partial charge in [-0.2, -0.15) is 0 Å². The van der Waals surface area contributed by atoms with Crippen molar-refractivity contribution in [2.24, 2.45) is 0 Å². The number of carbonyl (C=O) groups excluding carboxylic acids is 1. The summed E-state index contributed by atoms with van der Waals surface area (Å²) in [7, 11) is 0. The number of anilines is 1. The molecule has 0 bridgehead atoms. The van der Waals surface area contributed by atoms with Gasteiger partial charge in [-0.3, -0.25) is 10.1 Å². The summed E-state index contributed by atoms with van der Waals surface area (Å²) in [5, 5.41) is 3.42. The quantitative estimate of drug-likeness (QED) is 0.614. The molecule has 4 nitrogen and oxygen atoms in total. The third-order valence-corrected chi connectivity index (χ3v) is 5.11. The SMILES string of the molecule is Cc1ccc(Cc2cnc(NC(=O)COc3ccccc3C(C)C)s2)cc1. The fourth-order valence-electron chi connectivity index (χ4n) is 2.74. The van der Waals surface area contributed by atoms with Crippen LogP contribution >= 0.6 is 11.3 Å². The summed E-state index contributed by atoms with van der Waals surface area (Å²) in [5.41, 5.74) is 3.57. The Labute approximate surface area is 164 Å². The molecule has 2 aromatic carbocycles. The lowest BCUT2D eigenvalue weighted by atomic mass is 10.0. The summed E-state index contributed by atoms with van der Waals surface area (Å²) in [6, 6.07) is 16.3. The van der Waals surface area contributed by atoms with Crippen molar-refractivity contribution in [3.8, 4) is 5.75 Å². The maximum atomic E-state index is 12.2. The molecule has 0 radical (unpaired) electrons. The van der Waals surface area contributed by atoms with Gasteiger partial charge in [0, 0.05) is 17.5 Å². The first-order valence-electron chi connectivity index (χ1n) is 9.03. The molecular weight excluding hydrogens is 356 g/mol. The molecule has 5 heteroatoms. The first kappa shape index (κ1) is 19.1. The van der Waals surface area contributed by atoms with E-state index in [1.165, 1.54) is 22.5 Å². The van der Waals surface area contributed by atoms with Crippen molar-refractivity contribution in [2.75, 3.05) is 11.9 Å². The molecular formula is C22H24N2O2S. The summed E-state index contributed by atoms with van der Waals surface area (Å²) in [5.74, 6) is 0.888. The van der Waals surface area contributed by atoms with Gasteiger partial charge in [-0.25, -0.2) is 4.98 Å². The number of hydrogen-bond acceptors (Lipinski definition) is 4. The van der Waals surface area contributed by atoms with Crippen molar-refractivity contribution in [3.63, 3.8) is 0 Å². The lowest BCUT2D eigenvalue weighted by Gasteiger charge is -2.13. The Balaban J connectivity index is 1.54. The third kappa shape index (κ3) is 5.41. The van der Waals surface area contributed by atoms with Gasteiger partial charge in [0.2, 0.25) is 0 Å². The highest BCUT2D eigenvalue weighted by molar-refractivity contribution is 7.15. The maximum Gasteiger partial charge on any atom is 0.264 e. The summed E-state index contributed by atoms with van der Waals surface area (Å²) >= 11 is 1.49. The normalized spacial score (nSPS) is 10.8. The van der Waals surface area contributed by atoms with Crippen LogP contribution in [0, 0.1) is 6.92 Å². The monoisotopic (exact) mass is 380 g/mol. The Kier molecular flexibility index (Phi) is 6.24. The summed E-state index contributed by atoms with van der Waals surface area (Å²) in [6.45, 7) is 6.25. The van der Waals surface area contributed by atoms with Gasteiger partial charge in [0.25, 0.3) is 5.91 Å². The lowest BCUT2D eigenvalue weighted by Crippen LogP contribution is -2.20. The Morgan fingerprint density at radius 1 is 1.15 bits per heavy atom. The first-order chi connectivity index (χ1) is 13.0. The summed E-state index contributed by atoms with van der Waals surface area (Å²) < 4.78 is 5.71. The lowest BCUT2D eigenvalue weighted by molar-refractivity contribution is -0.118. The maximum absolute atomic E-state index is 12.2. The van der Waals surface area contributed by atoms with Crippen LogP contribution in [0.3, 0.4) is 0 Å². The largest absolute Gasteiger partial charge is 0.483 e. The number of carbonyl (C=O) groups is 1. The number of aryl methyl sites for hydroxylation is 1. The fourth-order valence-corrected chi connectivity index (χ4v) is 3.60. The highest BCUT2D eigenvalue weighted by Gasteiger charge is 2.11. The van der Waals surface area contributed by atoms with Crippen LogP contribution < -0.4 is 10.1 Å². The van der Waals surface area contributed by atoms with Crippen molar-refractivity contribution in [1.29, 1.82) is 0 Å². The zero-order valence-electron chi connectivity index (χ0n) is 15.9. The number of nitrogens with one attached hydrogen (secondary N) is 1. The van der Waals surface area contributed by atoms with Crippen LogP contribution in [0.5, 0.6) is 5.75 Å². The minimum Gasteiger partial charge on any atom is -0.483 e. The fraction of sp³-hybridized carbons (Fsp3) is 0.273. The molecule has 27 heavy (non-hydrogen) atoms. The molecule has 0 atom stereocenters. The van der Waals surface area contributed by atoms with Gasteiger partial charge in [-0.05, 0) is 30.0 Å². The van der Waals surface area contributed by atoms with E-state index < -0.39 is 0 Å². The third-order valence-electron chi connectivity index (χ3n) is 4.20. The highest BCUT2D eigenvalue weighted by atomic mass is 32.1. The minimum absolute atomic E-state index is 0.0311. The Hall–Kier alpha value is -2.66. The molecule has 1 heterocycles. The van der Waals surface area contributed by atoms with E-state index >= 15 is 0 Å². The van der Waals surface area contributed by atoms with E-state index in [-0.39, 0.29) is 12.5 Å². The molecule has 0 aliphatic rings. The van der Waals surface area contributed by atoms with E-state index in [9.17, 15) is 4.79 Å². The Morgan fingerprint density at radius 2 is 1.89 bits per heavy atom. The van der Waals surface area contributed by atoms with Gasteiger partial charge in [-0.1, -0.05) is 61.9 Å². The van der Waals surface area contributed by atoms with Gasteiger partial charge in [0.15, 0.2) is 11.7 Å². The molecule has 3 aromatic rings. The van der Waals surface area contributed by atoms with Crippen LogP contribution in [-0.4, -0.2) is 17.5 Å². The summed E-state index contributed by atoms with van der Waals surface area (Å²) in [4.78, 5) is 17.6. The van der Waals surface area contributed by atoms with Crippen LogP contribution in [0.2, 0.25) is 0 Å². The number of para-hydroxylation sites is 1. The van der Waals surface area contributed by atoms with E-state index in [0.29, 0.717) is 11.0 Å². The molecule has 0 unspecified atom stereocenters. The second-order valence-electron chi connectivity index (χ2n) is 6.82. The van der Waals surface area contributed by atoms with Crippen molar-refractivity contribution < 1.29 is 9.53 Å². The predicted molar refractivity (Wildman–Crippen MR) is 111 cm³/mol. The minimum atomic E-state index is -0.204. The molecule has 1 aromatic heterocycles. The van der Waals surface area contributed by atoms with Gasteiger partial charge >= 0.3 is 0 Å². The second kappa shape index (κ2) is 8.82. The van der Waals surface area contributed by atoms with E-state index in [1.807, 2.05) is 30.5 Å². The molecule has 0 saturated carbocycles. The Bertz CT molecular complexity index is 901. The van der Waals surface area contributed by atoms with E-state index in [2.05, 4.69) is 55.3 Å². The molecule has 0 aliphatic heterocycles. The molecule has 3 rings (SSSR count). The van der Waals surface area contributed by atoms with Crippen LogP contribution in [-0.2, 0) is 11.2 Å². The van der Waals surface area contributed by atoms with Crippen molar-refractivity contribution in [3.05, 3.63) is 76.3 Å². The number of ether oxygens (including phenoxy) is 1. The molecule has 0 fully saturated rings. The van der Waals surface area contributed by atoms with Crippen molar-refractivity contribution in [2.45, 2.75) is 33.1 Å². The predicted octanol–water partition coefficient (Wildman–Crippen LogP) is 5.18. The second-order valence-corrected chi connectivity index (χ2v) is 7.94. The van der Waals surface area contributed by atoms with Gasteiger partial charge < -0.3 is 4.74 Å². The molecule has 0 aliphatic carbocycles. The van der Waals surface area contributed by atoms with E-state index in [4.69, 9.17) is 4.74 Å². The number of rotatable bonds is 7. The number of aromatic nitrogens is 1. The van der Waals surface area contributed by atoms with Gasteiger partial charge in [0.1, 0.15) is 5.75 Å². The zero-order chi connectivity index (χ0) is 19.2. The van der Waals surface area contributed by atoms with Crippen LogP contribution in [0.1, 0.15) is 41.3 Å². The Morgan fingerprint density at radius 3 is 2.63 bits per heavy atom. The molecule has 0 saturated heterocycles. The number of hydrogen-bond donors (Lipinski definition) is 1. The zero-order valence-corrected chi connectivity index (χ0v) is 16.7.